The van der Waals surface area contributed by atoms with Crippen LogP contribution < -0.4 is 10.6 Å². The lowest BCUT2D eigenvalue weighted by atomic mass is 9.72. The van der Waals surface area contributed by atoms with Crippen molar-refractivity contribution in [1.82, 2.24) is 14.8 Å². The minimum Gasteiger partial charge on any atom is -0.368 e. The lowest BCUT2D eigenvalue weighted by Crippen LogP contribution is -2.54. The number of ether oxygens (including phenoxy) is 1. The van der Waals surface area contributed by atoms with E-state index in [1.165, 1.54) is 0 Å². The predicted octanol–water partition coefficient (Wildman–Crippen LogP) is 1.19. The molecule has 172 valence electrons. The molecule has 4 fully saturated rings. The topological polar surface area (TPSA) is 92.0 Å². The van der Waals surface area contributed by atoms with Gasteiger partial charge in [0, 0.05) is 45.5 Å². The molecule has 31 heavy (non-hydrogen) atoms. The zero-order valence-corrected chi connectivity index (χ0v) is 19.5. The maximum absolute atomic E-state index is 13.4. The molecule has 4 atom stereocenters. The zero-order chi connectivity index (χ0) is 20.2. The van der Waals surface area contributed by atoms with Gasteiger partial charge in [-0.1, -0.05) is 11.6 Å². The summed E-state index contributed by atoms with van der Waals surface area (Å²) in [5.41, 5.74) is 5.18. The molecule has 4 aliphatic heterocycles. The highest BCUT2D eigenvalue weighted by Gasteiger charge is 2.69. The first kappa shape index (κ1) is 24.3. The van der Waals surface area contributed by atoms with Crippen LogP contribution in [0.2, 0.25) is 5.02 Å². The second-order valence-electron chi connectivity index (χ2n) is 8.43. The Morgan fingerprint density at radius 1 is 1.29 bits per heavy atom. The highest BCUT2D eigenvalue weighted by atomic mass is 35.5. The largest absolute Gasteiger partial charge is 0.368 e. The molecule has 2 N–H and O–H groups in total. The van der Waals surface area contributed by atoms with Crippen LogP contribution in [0.1, 0.15) is 12.8 Å². The molecule has 11 heteroatoms. The van der Waals surface area contributed by atoms with Gasteiger partial charge >= 0.3 is 0 Å². The van der Waals surface area contributed by atoms with E-state index >= 15 is 0 Å². The maximum Gasteiger partial charge on any atom is 0.229 e. The quantitative estimate of drug-likeness (QED) is 0.679. The molecular weight excluding hydrogens is 465 g/mol. The van der Waals surface area contributed by atoms with Crippen molar-refractivity contribution in [2.75, 3.05) is 50.7 Å². The van der Waals surface area contributed by atoms with Gasteiger partial charge in [0.15, 0.2) is 0 Å². The number of nitrogens with two attached hydrogens (primary N) is 1. The van der Waals surface area contributed by atoms with Crippen molar-refractivity contribution in [2.24, 2.45) is 17.6 Å². The molecule has 1 spiro atoms. The van der Waals surface area contributed by atoms with Crippen molar-refractivity contribution in [3.63, 3.8) is 0 Å². The van der Waals surface area contributed by atoms with Crippen molar-refractivity contribution in [2.45, 2.75) is 24.5 Å². The molecule has 0 aliphatic carbocycles. The summed E-state index contributed by atoms with van der Waals surface area (Å²) < 4.78 is 6.27. The molecule has 5 rings (SSSR count). The Kier molecular flexibility index (Phi) is 7.28. The van der Waals surface area contributed by atoms with Gasteiger partial charge in [0.2, 0.25) is 11.8 Å². The Hall–Kier alpha value is -1.32. The molecule has 5 heterocycles. The number of carbonyl (C=O) groups excluding carboxylic acids is 2. The zero-order valence-electron chi connectivity index (χ0n) is 17.1. The second kappa shape index (κ2) is 9.27. The number of amides is 2. The molecule has 0 aromatic carbocycles. The van der Waals surface area contributed by atoms with E-state index in [-0.39, 0.29) is 54.6 Å². The molecule has 8 nitrogen and oxygen atoms in total. The Balaban J connectivity index is 0.00000136. The first-order valence-electron chi connectivity index (χ1n) is 10.3. The molecule has 2 bridgehead atoms. The summed E-state index contributed by atoms with van der Waals surface area (Å²) in [6.45, 7) is 4.04. The Labute approximate surface area is 199 Å². The lowest BCUT2D eigenvalue weighted by Gasteiger charge is -2.38. The van der Waals surface area contributed by atoms with Crippen LogP contribution in [0.15, 0.2) is 18.3 Å². The average Bonchev–Trinajstić information content (AvgIpc) is 3.37. The van der Waals surface area contributed by atoms with E-state index in [2.05, 4.69) is 9.88 Å². The van der Waals surface area contributed by atoms with Gasteiger partial charge in [0.25, 0.3) is 0 Å². The highest BCUT2D eigenvalue weighted by Crippen LogP contribution is 2.55. The van der Waals surface area contributed by atoms with Gasteiger partial charge in [0.1, 0.15) is 5.82 Å². The third kappa shape index (κ3) is 3.86. The van der Waals surface area contributed by atoms with E-state index < -0.39 is 5.60 Å². The molecule has 0 saturated carbocycles. The normalized spacial score (nSPS) is 31.4. The van der Waals surface area contributed by atoms with Crippen molar-refractivity contribution in [3.05, 3.63) is 23.4 Å². The minimum absolute atomic E-state index is 0. The van der Waals surface area contributed by atoms with Crippen molar-refractivity contribution in [1.29, 1.82) is 0 Å². The summed E-state index contributed by atoms with van der Waals surface area (Å²) in [5, 5.41) is 0.618. The van der Waals surface area contributed by atoms with Crippen LogP contribution in [-0.2, 0) is 14.3 Å². The van der Waals surface area contributed by atoms with Crippen LogP contribution in [0.25, 0.3) is 0 Å². The number of piperazine rings is 1. The Morgan fingerprint density at radius 3 is 2.71 bits per heavy atom. The highest BCUT2D eigenvalue weighted by molar-refractivity contribution is 6.32. The van der Waals surface area contributed by atoms with Gasteiger partial charge in [-0.15, -0.1) is 24.8 Å². The molecule has 1 aromatic rings. The molecule has 4 aliphatic rings. The Morgan fingerprint density at radius 2 is 2.03 bits per heavy atom. The van der Waals surface area contributed by atoms with Crippen molar-refractivity contribution >= 4 is 54.0 Å². The first-order chi connectivity index (χ1) is 14.0. The number of likely N-dealkylation sites (tertiary alicyclic amines) is 1. The molecule has 1 aromatic heterocycles. The fourth-order valence-corrected chi connectivity index (χ4v) is 5.87. The Bertz CT molecular complexity index is 838. The number of carbonyl (C=O) groups is 2. The third-order valence-corrected chi connectivity index (χ3v) is 7.21. The van der Waals surface area contributed by atoms with Crippen LogP contribution in [0.5, 0.6) is 0 Å². The van der Waals surface area contributed by atoms with Crippen molar-refractivity contribution in [3.8, 4) is 0 Å². The second-order valence-corrected chi connectivity index (χ2v) is 8.84. The van der Waals surface area contributed by atoms with Gasteiger partial charge in [-0.05, 0) is 25.0 Å². The van der Waals surface area contributed by atoms with Crippen LogP contribution in [0.3, 0.4) is 0 Å². The average molecular weight is 493 g/mol. The minimum atomic E-state index is -0.486. The van der Waals surface area contributed by atoms with E-state index in [1.54, 1.807) is 11.1 Å². The summed E-state index contributed by atoms with van der Waals surface area (Å²) in [6.07, 6.45) is 3.29. The third-order valence-electron chi connectivity index (χ3n) is 6.91. The first-order valence-corrected chi connectivity index (χ1v) is 10.7. The van der Waals surface area contributed by atoms with E-state index in [0.29, 0.717) is 50.8 Å². The van der Waals surface area contributed by atoms with Gasteiger partial charge in [-0.3, -0.25) is 9.59 Å². The van der Waals surface area contributed by atoms with Crippen molar-refractivity contribution < 1.29 is 14.3 Å². The number of hydrogen-bond donors (Lipinski definition) is 1. The summed E-state index contributed by atoms with van der Waals surface area (Å²) >= 11 is 6.27. The monoisotopic (exact) mass is 491 g/mol. The summed E-state index contributed by atoms with van der Waals surface area (Å²) in [4.78, 5) is 36.6. The number of halogens is 3. The number of nitrogens with zero attached hydrogens (tertiary/aromatic N) is 4. The van der Waals surface area contributed by atoms with Gasteiger partial charge < -0.3 is 25.2 Å². The van der Waals surface area contributed by atoms with Gasteiger partial charge in [0.05, 0.1) is 35.1 Å². The SMILES string of the molecule is Cl.Cl.NCCN1C[C@]23CC[C@H](O2)[C@H](C(=O)N2CCN(c4ncccc4Cl)CC2)[C@@H]3C1=O. The number of fused-ring (bicyclic) bond motifs is 1. The fourth-order valence-electron chi connectivity index (χ4n) is 5.63. The number of rotatable bonds is 4. The van der Waals surface area contributed by atoms with E-state index in [9.17, 15) is 9.59 Å². The van der Waals surface area contributed by atoms with E-state index in [1.807, 2.05) is 17.0 Å². The van der Waals surface area contributed by atoms with Crippen LogP contribution in [-0.4, -0.2) is 84.1 Å². The molecule has 0 unspecified atom stereocenters. The molecular formula is C20H28Cl3N5O3. The summed E-state index contributed by atoms with van der Waals surface area (Å²) in [5.74, 6) is 0.116. The number of pyridine rings is 1. The summed E-state index contributed by atoms with van der Waals surface area (Å²) in [7, 11) is 0. The molecule has 2 amide bonds. The molecule has 4 saturated heterocycles. The van der Waals surface area contributed by atoms with E-state index in [0.717, 1.165) is 18.7 Å². The fraction of sp³-hybridized carbons (Fsp3) is 0.650. The van der Waals surface area contributed by atoms with Crippen LogP contribution >= 0.6 is 36.4 Å². The standard InChI is InChI=1S/C20H26ClN5O3.2ClH/c21-13-2-1-6-23-17(13)24-8-10-25(11-9-24)18(27)15-14-3-4-20(29-14)12-26(7-5-22)19(28)16(15)20;;/h1-2,6,14-16H,3-5,7-12,22H2;2*1H/t14-,15-,16+,20-;;/m0../s1. The van der Waals surface area contributed by atoms with Crippen LogP contribution in [0.4, 0.5) is 5.82 Å². The van der Waals surface area contributed by atoms with Gasteiger partial charge in [-0.2, -0.15) is 0 Å². The van der Waals surface area contributed by atoms with Crippen LogP contribution in [0, 0.1) is 11.8 Å². The lowest BCUT2D eigenvalue weighted by molar-refractivity contribution is -0.144. The number of hydrogen-bond acceptors (Lipinski definition) is 6. The van der Waals surface area contributed by atoms with Gasteiger partial charge in [-0.25, -0.2) is 4.98 Å². The van der Waals surface area contributed by atoms with E-state index in [4.69, 9.17) is 22.1 Å². The maximum atomic E-state index is 13.4. The predicted molar refractivity (Wildman–Crippen MR) is 122 cm³/mol. The smallest absolute Gasteiger partial charge is 0.229 e. The summed E-state index contributed by atoms with van der Waals surface area (Å²) in [6, 6.07) is 3.63. The number of anilines is 1. The number of aromatic nitrogens is 1. The molecule has 0 radical (unpaired) electrons.